The van der Waals surface area contributed by atoms with Gasteiger partial charge in [0.2, 0.25) is 5.88 Å². The summed E-state index contributed by atoms with van der Waals surface area (Å²) in [6.07, 6.45) is 2.56. The van der Waals surface area contributed by atoms with Crippen LogP contribution in [0.2, 0.25) is 0 Å². The van der Waals surface area contributed by atoms with Gasteiger partial charge < -0.3 is 10.1 Å². The van der Waals surface area contributed by atoms with Gasteiger partial charge in [-0.1, -0.05) is 12.1 Å². The molecule has 19 heavy (non-hydrogen) atoms. The average Bonchev–Trinajstić information content (AvgIpc) is 2.92. The highest BCUT2D eigenvalue weighted by atomic mass is 19.1. The van der Waals surface area contributed by atoms with E-state index >= 15 is 0 Å². The quantitative estimate of drug-likeness (QED) is 0.916. The zero-order valence-electron chi connectivity index (χ0n) is 10.3. The Balaban J connectivity index is 1.82. The number of ether oxygens (including phenoxy) is 1. The highest BCUT2D eigenvalue weighted by Crippen LogP contribution is 2.21. The standard InChI is InChI=1S/C14H14FN3O/c15-11-3-1-2-10(6-11)13-7-14(18-9-17-13)19-12-4-5-16-8-12/h1-3,6-7,9,12,16H,4-5,8H2. The van der Waals surface area contributed by atoms with Crippen LogP contribution in [-0.4, -0.2) is 29.2 Å². The van der Waals surface area contributed by atoms with Crippen molar-refractivity contribution in [1.82, 2.24) is 15.3 Å². The zero-order valence-corrected chi connectivity index (χ0v) is 10.3. The Labute approximate surface area is 110 Å². The number of aromatic nitrogens is 2. The first kappa shape index (κ1) is 12.0. The van der Waals surface area contributed by atoms with Crippen LogP contribution >= 0.6 is 0 Å². The molecule has 2 heterocycles. The molecule has 1 N–H and O–H groups in total. The van der Waals surface area contributed by atoms with Crippen molar-refractivity contribution in [3.05, 3.63) is 42.5 Å². The molecule has 1 aromatic carbocycles. The molecule has 1 fully saturated rings. The van der Waals surface area contributed by atoms with E-state index in [2.05, 4.69) is 15.3 Å². The summed E-state index contributed by atoms with van der Waals surface area (Å²) in [6.45, 7) is 1.80. The van der Waals surface area contributed by atoms with E-state index in [9.17, 15) is 4.39 Å². The second kappa shape index (κ2) is 5.32. The van der Waals surface area contributed by atoms with Crippen LogP contribution in [-0.2, 0) is 0 Å². The molecule has 1 aliphatic rings. The molecule has 1 atom stereocenters. The molecule has 1 aromatic heterocycles. The predicted molar refractivity (Wildman–Crippen MR) is 69.3 cm³/mol. The van der Waals surface area contributed by atoms with Crippen LogP contribution in [0.25, 0.3) is 11.3 Å². The lowest BCUT2D eigenvalue weighted by atomic mass is 10.1. The number of nitrogens with one attached hydrogen (secondary N) is 1. The van der Waals surface area contributed by atoms with Crippen LogP contribution in [0.5, 0.6) is 5.88 Å². The van der Waals surface area contributed by atoms with Crippen molar-refractivity contribution >= 4 is 0 Å². The van der Waals surface area contributed by atoms with Gasteiger partial charge in [0, 0.05) is 18.2 Å². The fourth-order valence-electron chi connectivity index (χ4n) is 2.11. The van der Waals surface area contributed by atoms with Gasteiger partial charge in [-0.15, -0.1) is 0 Å². The SMILES string of the molecule is Fc1cccc(-c2cc(OC3CCNC3)ncn2)c1. The van der Waals surface area contributed by atoms with Crippen molar-refractivity contribution in [2.24, 2.45) is 0 Å². The Morgan fingerprint density at radius 3 is 3.00 bits per heavy atom. The number of hydrogen-bond donors (Lipinski definition) is 1. The molecule has 0 spiro atoms. The molecular weight excluding hydrogens is 245 g/mol. The summed E-state index contributed by atoms with van der Waals surface area (Å²) in [4.78, 5) is 8.25. The van der Waals surface area contributed by atoms with Crippen LogP contribution in [0, 0.1) is 5.82 Å². The van der Waals surface area contributed by atoms with Gasteiger partial charge in [0.15, 0.2) is 0 Å². The molecule has 0 bridgehead atoms. The third-order valence-corrected chi connectivity index (χ3v) is 3.06. The van der Waals surface area contributed by atoms with E-state index in [4.69, 9.17) is 4.74 Å². The van der Waals surface area contributed by atoms with Gasteiger partial charge >= 0.3 is 0 Å². The van der Waals surface area contributed by atoms with E-state index in [1.807, 2.05) is 6.07 Å². The van der Waals surface area contributed by atoms with Crippen molar-refractivity contribution in [1.29, 1.82) is 0 Å². The Kier molecular flexibility index (Phi) is 3.37. The molecule has 98 valence electrons. The topological polar surface area (TPSA) is 47.0 Å². The summed E-state index contributed by atoms with van der Waals surface area (Å²) in [5, 5.41) is 3.23. The fraction of sp³-hybridized carbons (Fsp3) is 0.286. The molecule has 4 nitrogen and oxygen atoms in total. The van der Waals surface area contributed by atoms with Crippen LogP contribution < -0.4 is 10.1 Å². The van der Waals surface area contributed by atoms with Crippen molar-refractivity contribution in [2.45, 2.75) is 12.5 Å². The van der Waals surface area contributed by atoms with E-state index in [-0.39, 0.29) is 11.9 Å². The summed E-state index contributed by atoms with van der Waals surface area (Å²) in [6, 6.07) is 8.07. The molecule has 5 heteroatoms. The highest BCUT2D eigenvalue weighted by Gasteiger charge is 2.16. The smallest absolute Gasteiger partial charge is 0.217 e. The molecule has 0 saturated carbocycles. The highest BCUT2D eigenvalue weighted by molar-refractivity contribution is 5.59. The first-order valence-corrected chi connectivity index (χ1v) is 6.26. The van der Waals surface area contributed by atoms with Crippen LogP contribution in [0.3, 0.4) is 0 Å². The molecule has 0 aliphatic carbocycles. The van der Waals surface area contributed by atoms with E-state index in [0.29, 0.717) is 11.6 Å². The molecule has 0 radical (unpaired) electrons. The van der Waals surface area contributed by atoms with Gasteiger partial charge in [-0.05, 0) is 25.1 Å². The Bertz CT molecular complexity index is 570. The molecule has 2 aromatic rings. The second-order valence-electron chi connectivity index (χ2n) is 4.48. The number of halogens is 1. The third kappa shape index (κ3) is 2.88. The molecule has 1 saturated heterocycles. The minimum absolute atomic E-state index is 0.148. The average molecular weight is 259 g/mol. The van der Waals surface area contributed by atoms with Crippen LogP contribution in [0.1, 0.15) is 6.42 Å². The van der Waals surface area contributed by atoms with Gasteiger partial charge in [0.1, 0.15) is 18.2 Å². The normalized spacial score (nSPS) is 18.5. The van der Waals surface area contributed by atoms with Crippen molar-refractivity contribution < 1.29 is 9.13 Å². The van der Waals surface area contributed by atoms with E-state index in [1.54, 1.807) is 12.1 Å². The van der Waals surface area contributed by atoms with Gasteiger partial charge in [-0.3, -0.25) is 0 Å². The third-order valence-electron chi connectivity index (χ3n) is 3.06. The molecule has 1 aliphatic heterocycles. The monoisotopic (exact) mass is 259 g/mol. The minimum Gasteiger partial charge on any atom is -0.473 e. The fourth-order valence-corrected chi connectivity index (χ4v) is 2.11. The Morgan fingerprint density at radius 2 is 2.21 bits per heavy atom. The Morgan fingerprint density at radius 1 is 1.26 bits per heavy atom. The van der Waals surface area contributed by atoms with Crippen LogP contribution in [0.15, 0.2) is 36.7 Å². The van der Waals surface area contributed by atoms with Gasteiger partial charge in [-0.2, -0.15) is 0 Å². The van der Waals surface area contributed by atoms with Gasteiger partial charge in [-0.25, -0.2) is 14.4 Å². The predicted octanol–water partition coefficient (Wildman–Crippen LogP) is 2.02. The maximum atomic E-state index is 13.2. The zero-order chi connectivity index (χ0) is 13.1. The van der Waals surface area contributed by atoms with Gasteiger partial charge in [0.25, 0.3) is 0 Å². The lowest BCUT2D eigenvalue weighted by molar-refractivity contribution is 0.214. The van der Waals surface area contributed by atoms with Crippen molar-refractivity contribution in [3.8, 4) is 17.1 Å². The summed E-state index contributed by atoms with van der Waals surface area (Å²) >= 11 is 0. The number of nitrogens with zero attached hydrogens (tertiary/aromatic N) is 2. The molecule has 0 amide bonds. The maximum Gasteiger partial charge on any atom is 0.217 e. The molecule has 1 unspecified atom stereocenters. The first-order valence-electron chi connectivity index (χ1n) is 6.26. The summed E-state index contributed by atoms with van der Waals surface area (Å²) in [5.41, 5.74) is 1.38. The minimum atomic E-state index is -0.279. The van der Waals surface area contributed by atoms with E-state index in [1.165, 1.54) is 18.5 Å². The molecular formula is C14H14FN3O. The maximum absolute atomic E-state index is 13.2. The lowest BCUT2D eigenvalue weighted by Crippen LogP contribution is -2.20. The van der Waals surface area contributed by atoms with Crippen LogP contribution in [0.4, 0.5) is 4.39 Å². The summed E-state index contributed by atoms with van der Waals surface area (Å²) < 4.78 is 19.0. The van der Waals surface area contributed by atoms with E-state index < -0.39 is 0 Å². The van der Waals surface area contributed by atoms with Crippen molar-refractivity contribution in [2.75, 3.05) is 13.1 Å². The largest absolute Gasteiger partial charge is 0.473 e. The van der Waals surface area contributed by atoms with E-state index in [0.717, 1.165) is 25.1 Å². The van der Waals surface area contributed by atoms with Gasteiger partial charge in [0.05, 0.1) is 5.69 Å². The second-order valence-corrected chi connectivity index (χ2v) is 4.48. The first-order chi connectivity index (χ1) is 9.31. The summed E-state index contributed by atoms with van der Waals surface area (Å²) in [5.74, 6) is 0.251. The number of hydrogen-bond acceptors (Lipinski definition) is 4. The lowest BCUT2D eigenvalue weighted by Gasteiger charge is -2.11. The van der Waals surface area contributed by atoms with Crippen molar-refractivity contribution in [3.63, 3.8) is 0 Å². The summed E-state index contributed by atoms with van der Waals surface area (Å²) in [7, 11) is 0. The Hall–Kier alpha value is -2.01. The number of benzene rings is 1. The number of rotatable bonds is 3. The molecule has 3 rings (SSSR count).